The Hall–Kier alpha value is -2.00. The van der Waals surface area contributed by atoms with E-state index < -0.39 is 14.9 Å². The van der Waals surface area contributed by atoms with Gasteiger partial charge in [0.25, 0.3) is 5.69 Å². The molecule has 4 rings (SSSR count). The zero-order chi connectivity index (χ0) is 19.9. The standard InChI is InChI=1S/C19H25N3O5S/c23-19(12-16-11-14-4-5-15(16)10-14)20-6-8-21(9-7-20)28(26,27)18-3-1-2-17(13-18)22(24)25/h1-3,13-16H,4-12H2/t14-,15+,16+/m0/s1. The lowest BCUT2D eigenvalue weighted by atomic mass is 9.86. The first-order chi connectivity index (χ1) is 13.3. The summed E-state index contributed by atoms with van der Waals surface area (Å²) in [5.74, 6) is 2.13. The van der Waals surface area contributed by atoms with Crippen LogP contribution >= 0.6 is 0 Å². The van der Waals surface area contributed by atoms with Gasteiger partial charge in [-0.3, -0.25) is 14.9 Å². The number of nitro benzene ring substituents is 1. The summed E-state index contributed by atoms with van der Waals surface area (Å²) >= 11 is 0. The van der Waals surface area contributed by atoms with Gasteiger partial charge in [-0.05, 0) is 43.1 Å². The molecule has 0 aromatic heterocycles. The van der Waals surface area contributed by atoms with E-state index >= 15 is 0 Å². The molecule has 0 radical (unpaired) electrons. The first-order valence-corrected chi connectivity index (χ1v) is 11.3. The van der Waals surface area contributed by atoms with Gasteiger partial charge in [0.05, 0.1) is 9.82 Å². The van der Waals surface area contributed by atoms with Gasteiger partial charge in [0.15, 0.2) is 0 Å². The van der Waals surface area contributed by atoms with E-state index in [-0.39, 0.29) is 29.6 Å². The minimum absolute atomic E-state index is 0.0801. The van der Waals surface area contributed by atoms with Crippen molar-refractivity contribution in [1.82, 2.24) is 9.21 Å². The number of rotatable bonds is 5. The van der Waals surface area contributed by atoms with E-state index in [0.29, 0.717) is 31.3 Å². The minimum Gasteiger partial charge on any atom is -0.340 e. The quantitative estimate of drug-likeness (QED) is 0.550. The van der Waals surface area contributed by atoms with Gasteiger partial charge in [-0.15, -0.1) is 0 Å². The Labute approximate surface area is 164 Å². The van der Waals surface area contributed by atoms with Crippen LogP contribution in [0, 0.1) is 27.9 Å². The molecular weight excluding hydrogens is 382 g/mol. The summed E-state index contributed by atoms with van der Waals surface area (Å²) in [6.07, 6.45) is 5.57. The van der Waals surface area contributed by atoms with E-state index in [4.69, 9.17) is 0 Å². The predicted octanol–water partition coefficient (Wildman–Crippen LogP) is 2.25. The van der Waals surface area contributed by atoms with Gasteiger partial charge < -0.3 is 4.90 Å². The average molecular weight is 407 g/mol. The van der Waals surface area contributed by atoms with Crippen LogP contribution in [0.5, 0.6) is 0 Å². The van der Waals surface area contributed by atoms with Gasteiger partial charge >= 0.3 is 0 Å². The minimum atomic E-state index is -3.81. The topological polar surface area (TPSA) is 101 Å². The molecule has 1 heterocycles. The predicted molar refractivity (Wildman–Crippen MR) is 102 cm³/mol. The van der Waals surface area contributed by atoms with Crippen LogP contribution in [-0.2, 0) is 14.8 Å². The number of hydrogen-bond donors (Lipinski definition) is 0. The summed E-state index contributed by atoms with van der Waals surface area (Å²) in [6, 6.07) is 5.10. The number of amides is 1. The van der Waals surface area contributed by atoms with Crippen LogP contribution in [-0.4, -0.2) is 54.6 Å². The fraction of sp³-hybridized carbons (Fsp3) is 0.632. The average Bonchev–Trinajstić information content (AvgIpc) is 3.31. The molecule has 1 aromatic carbocycles. The van der Waals surface area contributed by atoms with Crippen LogP contribution in [0.4, 0.5) is 5.69 Å². The number of fused-ring (bicyclic) bond motifs is 2. The van der Waals surface area contributed by atoms with Crippen molar-refractivity contribution in [3.63, 3.8) is 0 Å². The van der Waals surface area contributed by atoms with Crippen molar-refractivity contribution in [2.75, 3.05) is 26.2 Å². The third-order valence-electron chi connectivity index (χ3n) is 6.58. The number of sulfonamides is 1. The maximum absolute atomic E-state index is 12.8. The fourth-order valence-electron chi connectivity index (χ4n) is 5.06. The fourth-order valence-corrected chi connectivity index (χ4v) is 6.53. The Morgan fingerprint density at radius 3 is 2.50 bits per heavy atom. The molecule has 2 saturated carbocycles. The Morgan fingerprint density at radius 2 is 1.89 bits per heavy atom. The van der Waals surface area contributed by atoms with Crippen LogP contribution in [0.1, 0.15) is 32.1 Å². The summed E-state index contributed by atoms with van der Waals surface area (Å²) in [6.45, 7) is 1.17. The highest BCUT2D eigenvalue weighted by molar-refractivity contribution is 7.89. The second-order valence-corrected chi connectivity index (χ2v) is 10.1. The highest BCUT2D eigenvalue weighted by Crippen LogP contribution is 2.49. The molecule has 1 amide bonds. The van der Waals surface area contributed by atoms with E-state index in [9.17, 15) is 23.3 Å². The molecule has 1 aromatic rings. The van der Waals surface area contributed by atoms with Crippen molar-refractivity contribution in [3.05, 3.63) is 34.4 Å². The Balaban J connectivity index is 1.36. The molecule has 2 aliphatic carbocycles. The second-order valence-electron chi connectivity index (χ2n) is 8.18. The summed E-state index contributed by atoms with van der Waals surface area (Å²) in [7, 11) is -3.81. The van der Waals surface area contributed by atoms with Gasteiger partial charge in [-0.25, -0.2) is 8.42 Å². The van der Waals surface area contributed by atoms with Gasteiger partial charge in [0.2, 0.25) is 15.9 Å². The van der Waals surface area contributed by atoms with E-state index in [0.717, 1.165) is 18.4 Å². The van der Waals surface area contributed by atoms with E-state index in [2.05, 4.69) is 0 Å². The van der Waals surface area contributed by atoms with Gasteiger partial charge in [0, 0.05) is 44.7 Å². The van der Waals surface area contributed by atoms with Crippen molar-refractivity contribution < 1.29 is 18.1 Å². The highest BCUT2D eigenvalue weighted by atomic mass is 32.2. The second kappa shape index (κ2) is 7.44. The van der Waals surface area contributed by atoms with Crippen LogP contribution in [0.2, 0.25) is 0 Å². The lowest BCUT2D eigenvalue weighted by molar-refractivity contribution is -0.385. The number of benzene rings is 1. The first-order valence-electron chi connectivity index (χ1n) is 9.87. The molecule has 3 fully saturated rings. The maximum atomic E-state index is 12.8. The molecule has 0 spiro atoms. The largest absolute Gasteiger partial charge is 0.340 e. The van der Waals surface area contributed by atoms with E-state index in [1.165, 1.54) is 41.8 Å². The van der Waals surface area contributed by atoms with Crippen LogP contribution < -0.4 is 0 Å². The Morgan fingerprint density at radius 1 is 1.14 bits per heavy atom. The molecule has 3 atom stereocenters. The summed E-state index contributed by atoms with van der Waals surface area (Å²) in [5.41, 5.74) is -0.249. The van der Waals surface area contributed by atoms with Gasteiger partial charge in [0.1, 0.15) is 0 Å². The summed E-state index contributed by atoms with van der Waals surface area (Å²) < 4.78 is 26.9. The monoisotopic (exact) mass is 407 g/mol. The number of hydrogen-bond acceptors (Lipinski definition) is 5. The highest BCUT2D eigenvalue weighted by Gasteiger charge is 2.41. The zero-order valence-electron chi connectivity index (χ0n) is 15.7. The molecular formula is C19H25N3O5S. The molecule has 2 bridgehead atoms. The smallest absolute Gasteiger partial charge is 0.270 e. The number of nitro groups is 1. The molecule has 0 unspecified atom stereocenters. The molecule has 9 heteroatoms. The zero-order valence-corrected chi connectivity index (χ0v) is 16.5. The third kappa shape index (κ3) is 3.65. The molecule has 152 valence electrons. The molecule has 3 aliphatic rings. The van der Waals surface area contributed by atoms with Crippen molar-refractivity contribution >= 4 is 21.6 Å². The van der Waals surface area contributed by atoms with Crippen molar-refractivity contribution in [2.45, 2.75) is 37.0 Å². The number of piperazine rings is 1. The number of non-ortho nitro benzene ring substituents is 1. The number of nitrogens with zero attached hydrogens (tertiary/aromatic N) is 3. The maximum Gasteiger partial charge on any atom is 0.270 e. The SMILES string of the molecule is O=C(C[C@H]1C[C@H]2CC[C@@H]1C2)N1CCN(S(=O)(=O)c2cccc([N+](=O)[O-])c2)CC1. The van der Waals surface area contributed by atoms with Crippen LogP contribution in [0.3, 0.4) is 0 Å². The van der Waals surface area contributed by atoms with E-state index in [1.54, 1.807) is 4.90 Å². The van der Waals surface area contributed by atoms with Crippen LogP contribution in [0.25, 0.3) is 0 Å². The van der Waals surface area contributed by atoms with Crippen LogP contribution in [0.15, 0.2) is 29.2 Å². The lowest BCUT2D eigenvalue weighted by Gasteiger charge is -2.35. The lowest BCUT2D eigenvalue weighted by Crippen LogP contribution is -2.50. The van der Waals surface area contributed by atoms with Gasteiger partial charge in [-0.2, -0.15) is 4.31 Å². The molecule has 8 nitrogen and oxygen atoms in total. The Kier molecular flexibility index (Phi) is 5.13. The molecule has 1 aliphatic heterocycles. The molecule has 0 N–H and O–H groups in total. The first kappa shape index (κ1) is 19.3. The number of carbonyl (C=O) groups is 1. The third-order valence-corrected chi connectivity index (χ3v) is 8.47. The van der Waals surface area contributed by atoms with Gasteiger partial charge in [-0.1, -0.05) is 12.5 Å². The molecule has 1 saturated heterocycles. The normalized spacial score (nSPS) is 27.9. The van der Waals surface area contributed by atoms with Crippen molar-refractivity contribution in [2.24, 2.45) is 17.8 Å². The number of carbonyl (C=O) groups excluding carboxylic acids is 1. The summed E-state index contributed by atoms with van der Waals surface area (Å²) in [5, 5.41) is 10.9. The Bertz CT molecular complexity index is 879. The summed E-state index contributed by atoms with van der Waals surface area (Å²) in [4.78, 5) is 24.7. The van der Waals surface area contributed by atoms with E-state index in [1.807, 2.05) is 0 Å². The van der Waals surface area contributed by atoms with Crippen molar-refractivity contribution in [3.8, 4) is 0 Å². The molecule has 28 heavy (non-hydrogen) atoms. The van der Waals surface area contributed by atoms with Crippen molar-refractivity contribution in [1.29, 1.82) is 0 Å².